The zero-order chi connectivity index (χ0) is 18.3. The van der Waals surface area contributed by atoms with Gasteiger partial charge in [0.2, 0.25) is 0 Å². The number of aromatic nitrogens is 4. The number of fused-ring (bicyclic) bond motifs is 1. The van der Waals surface area contributed by atoms with Crippen molar-refractivity contribution in [3.05, 3.63) is 44.6 Å². The zero-order valence-corrected chi connectivity index (χ0v) is 16.1. The van der Waals surface area contributed by atoms with Gasteiger partial charge in [-0.1, -0.05) is 11.8 Å². The molecule has 0 amide bonds. The second kappa shape index (κ2) is 6.71. The number of anilines is 2. The van der Waals surface area contributed by atoms with Gasteiger partial charge in [0.05, 0.1) is 11.1 Å². The van der Waals surface area contributed by atoms with Crippen LogP contribution in [0.25, 0.3) is 20.7 Å². The van der Waals surface area contributed by atoms with Crippen molar-refractivity contribution in [3.63, 3.8) is 0 Å². The molecule has 0 aliphatic rings. The number of nitrogens with one attached hydrogen (secondary N) is 1. The van der Waals surface area contributed by atoms with Gasteiger partial charge in [0, 0.05) is 26.8 Å². The van der Waals surface area contributed by atoms with E-state index in [9.17, 15) is 4.79 Å². The molecule has 0 spiro atoms. The highest BCUT2D eigenvalue weighted by Gasteiger charge is 2.14. The van der Waals surface area contributed by atoms with Gasteiger partial charge in [-0.25, -0.2) is 15.0 Å². The van der Waals surface area contributed by atoms with Gasteiger partial charge >= 0.3 is 0 Å². The molecule has 0 aliphatic carbocycles. The van der Waals surface area contributed by atoms with E-state index in [-0.39, 0.29) is 5.56 Å². The first-order valence-corrected chi connectivity index (χ1v) is 10.3. The minimum Gasteiger partial charge on any atom is -0.383 e. The molecule has 4 heterocycles. The van der Waals surface area contributed by atoms with E-state index in [1.54, 1.807) is 11.3 Å². The van der Waals surface area contributed by atoms with E-state index in [1.165, 1.54) is 34.0 Å². The number of hydrogen-bond acceptors (Lipinski definition) is 9. The second-order valence-electron chi connectivity index (χ2n) is 5.54. The highest BCUT2D eigenvalue weighted by atomic mass is 32.2. The third-order valence-corrected chi connectivity index (χ3v) is 6.35. The van der Waals surface area contributed by atoms with E-state index in [0.29, 0.717) is 33.8 Å². The summed E-state index contributed by atoms with van der Waals surface area (Å²) in [6, 6.07) is 5.58. The van der Waals surface area contributed by atoms with Gasteiger partial charge in [-0.2, -0.15) is 0 Å². The number of H-pyrrole nitrogens is 1. The first-order chi connectivity index (χ1) is 12.5. The van der Waals surface area contributed by atoms with E-state index in [2.05, 4.69) is 19.9 Å². The molecule has 26 heavy (non-hydrogen) atoms. The van der Waals surface area contributed by atoms with Gasteiger partial charge in [-0.05, 0) is 19.1 Å². The summed E-state index contributed by atoms with van der Waals surface area (Å²) in [6.45, 7) is 2.05. The van der Waals surface area contributed by atoms with Crippen molar-refractivity contribution in [2.45, 2.75) is 17.8 Å². The Hall–Kier alpha value is -2.43. The van der Waals surface area contributed by atoms with Crippen LogP contribution in [0.5, 0.6) is 0 Å². The van der Waals surface area contributed by atoms with Gasteiger partial charge < -0.3 is 16.5 Å². The van der Waals surface area contributed by atoms with Crippen molar-refractivity contribution in [2.75, 3.05) is 11.5 Å². The molecule has 10 heteroatoms. The van der Waals surface area contributed by atoms with Crippen LogP contribution in [0, 0.1) is 6.92 Å². The number of rotatable bonds is 4. The maximum Gasteiger partial charge on any atom is 0.260 e. The molecule has 0 bridgehead atoms. The Morgan fingerprint density at radius 1 is 1.19 bits per heavy atom. The number of aromatic amines is 1. The predicted molar refractivity (Wildman–Crippen MR) is 109 cm³/mol. The zero-order valence-electron chi connectivity index (χ0n) is 13.6. The molecule has 132 valence electrons. The van der Waals surface area contributed by atoms with Crippen LogP contribution in [-0.2, 0) is 5.75 Å². The topological polar surface area (TPSA) is 124 Å². The molecule has 0 saturated heterocycles. The van der Waals surface area contributed by atoms with E-state index >= 15 is 0 Å². The fourth-order valence-electron chi connectivity index (χ4n) is 2.48. The van der Waals surface area contributed by atoms with E-state index < -0.39 is 0 Å². The third-order valence-electron chi connectivity index (χ3n) is 3.58. The molecular formula is C16H14N6OS3. The van der Waals surface area contributed by atoms with Gasteiger partial charge in [-0.3, -0.25) is 4.79 Å². The van der Waals surface area contributed by atoms with Crippen LogP contribution in [0.3, 0.4) is 0 Å². The van der Waals surface area contributed by atoms with E-state index in [4.69, 9.17) is 11.5 Å². The molecule has 4 rings (SSSR count). The summed E-state index contributed by atoms with van der Waals surface area (Å²) in [5.74, 6) is 1.60. The average molecular weight is 403 g/mol. The SMILES string of the molecule is Cc1ccc(-c2csc3nc(CSc4nc(N)cc(N)n4)[nH]c(=O)c23)s1. The first kappa shape index (κ1) is 17.0. The number of nitrogens with two attached hydrogens (primary N) is 2. The number of hydrogen-bond donors (Lipinski definition) is 3. The summed E-state index contributed by atoms with van der Waals surface area (Å²) in [5.41, 5.74) is 12.1. The van der Waals surface area contributed by atoms with Crippen LogP contribution >= 0.6 is 34.4 Å². The lowest BCUT2D eigenvalue weighted by Crippen LogP contribution is -2.10. The lowest BCUT2D eigenvalue weighted by Gasteiger charge is -2.03. The maximum absolute atomic E-state index is 12.6. The largest absolute Gasteiger partial charge is 0.383 e. The monoisotopic (exact) mass is 402 g/mol. The third kappa shape index (κ3) is 3.30. The van der Waals surface area contributed by atoms with Crippen molar-refractivity contribution in [1.29, 1.82) is 0 Å². The number of thioether (sulfide) groups is 1. The minimum atomic E-state index is -0.138. The van der Waals surface area contributed by atoms with Crippen molar-refractivity contribution in [3.8, 4) is 10.4 Å². The van der Waals surface area contributed by atoms with E-state index in [1.807, 2.05) is 24.4 Å². The molecular weight excluding hydrogens is 388 g/mol. The lowest BCUT2D eigenvalue weighted by molar-refractivity contribution is 0.974. The molecule has 0 saturated carbocycles. The fraction of sp³-hybridized carbons (Fsp3) is 0.125. The van der Waals surface area contributed by atoms with Gasteiger partial charge in [0.15, 0.2) is 5.16 Å². The van der Waals surface area contributed by atoms with Crippen LogP contribution in [0.1, 0.15) is 10.7 Å². The number of thiophene rings is 2. The van der Waals surface area contributed by atoms with Crippen molar-refractivity contribution in [2.24, 2.45) is 0 Å². The molecule has 0 aliphatic heterocycles. The van der Waals surface area contributed by atoms with Crippen molar-refractivity contribution < 1.29 is 0 Å². The molecule has 5 N–H and O–H groups in total. The Labute approximate surface area is 160 Å². The summed E-state index contributed by atoms with van der Waals surface area (Å²) in [5, 5.41) is 3.07. The number of nitrogens with zero attached hydrogens (tertiary/aromatic N) is 3. The first-order valence-electron chi connectivity index (χ1n) is 7.59. The average Bonchev–Trinajstić information content (AvgIpc) is 3.18. The minimum absolute atomic E-state index is 0.138. The molecule has 4 aromatic heterocycles. The smallest absolute Gasteiger partial charge is 0.260 e. The Morgan fingerprint density at radius 2 is 1.96 bits per heavy atom. The van der Waals surface area contributed by atoms with Crippen LogP contribution in [0.15, 0.2) is 33.5 Å². The number of nitrogen functional groups attached to an aromatic ring is 2. The standard InChI is InChI=1S/C16H14N6OS3/c1-7-2-3-9(26-7)8-5-24-15-13(8)14(23)21-12(22-15)6-25-16-19-10(17)4-11(18)20-16/h2-5H,6H2,1H3,(H,21,22,23)(H4,17,18,19,20). The summed E-state index contributed by atoms with van der Waals surface area (Å²) in [6.07, 6.45) is 0. The molecule has 0 aromatic carbocycles. The van der Waals surface area contributed by atoms with Gasteiger partial charge in [0.1, 0.15) is 22.3 Å². The van der Waals surface area contributed by atoms with Crippen LogP contribution in [0.2, 0.25) is 0 Å². The fourth-order valence-corrected chi connectivity index (χ4v) is 5.15. The van der Waals surface area contributed by atoms with Crippen LogP contribution in [0.4, 0.5) is 11.6 Å². The summed E-state index contributed by atoms with van der Waals surface area (Å²) >= 11 is 4.45. The Bertz CT molecular complexity index is 1140. The molecule has 4 aromatic rings. The Morgan fingerprint density at radius 3 is 2.65 bits per heavy atom. The molecule has 0 unspecified atom stereocenters. The van der Waals surface area contributed by atoms with Crippen molar-refractivity contribution >= 4 is 56.3 Å². The quantitative estimate of drug-likeness (QED) is 0.353. The van der Waals surface area contributed by atoms with Crippen molar-refractivity contribution in [1.82, 2.24) is 19.9 Å². The molecule has 7 nitrogen and oxygen atoms in total. The van der Waals surface area contributed by atoms with Crippen LogP contribution < -0.4 is 17.0 Å². The maximum atomic E-state index is 12.6. The highest BCUT2D eigenvalue weighted by molar-refractivity contribution is 7.98. The normalized spacial score (nSPS) is 11.3. The second-order valence-corrected chi connectivity index (χ2v) is 8.63. The lowest BCUT2D eigenvalue weighted by atomic mass is 10.2. The molecule has 0 radical (unpaired) electrons. The van der Waals surface area contributed by atoms with E-state index in [0.717, 1.165) is 15.3 Å². The summed E-state index contributed by atoms with van der Waals surface area (Å²) < 4.78 is 0. The highest BCUT2D eigenvalue weighted by Crippen LogP contribution is 2.35. The van der Waals surface area contributed by atoms with Gasteiger partial charge in [-0.15, -0.1) is 22.7 Å². The van der Waals surface area contributed by atoms with Crippen LogP contribution in [-0.4, -0.2) is 19.9 Å². The van der Waals surface area contributed by atoms with Gasteiger partial charge in [0.25, 0.3) is 5.56 Å². The summed E-state index contributed by atoms with van der Waals surface area (Å²) in [4.78, 5) is 31.3. The summed E-state index contributed by atoms with van der Waals surface area (Å²) in [7, 11) is 0. The number of aryl methyl sites for hydroxylation is 1. The molecule has 0 atom stereocenters. The Kier molecular flexibility index (Phi) is 4.39. The molecule has 0 fully saturated rings. The Balaban J connectivity index is 1.65. The predicted octanol–water partition coefficient (Wildman–Crippen LogP) is 3.27.